The molecule has 4 rings (SSSR count). The highest BCUT2D eigenvalue weighted by Crippen LogP contribution is 2.31. The molecule has 0 aliphatic carbocycles. The number of carbonyl (C=O) groups excluding carboxylic acids is 2. The Balaban J connectivity index is 1.62. The molecule has 39 heavy (non-hydrogen) atoms. The summed E-state index contributed by atoms with van der Waals surface area (Å²) in [5.41, 5.74) is 0.537. The van der Waals surface area contributed by atoms with Crippen molar-refractivity contribution in [2.45, 2.75) is 37.4 Å². The maximum absolute atomic E-state index is 13.6. The first-order valence-corrected chi connectivity index (χ1v) is 13.8. The number of ether oxygens (including phenoxy) is 1. The van der Waals surface area contributed by atoms with Crippen LogP contribution in [0.2, 0.25) is 0 Å². The van der Waals surface area contributed by atoms with Crippen LogP contribution in [0.4, 0.5) is 5.69 Å². The number of tetrazole rings is 1. The quantitative estimate of drug-likeness (QED) is 0.389. The van der Waals surface area contributed by atoms with Gasteiger partial charge < -0.3 is 20.1 Å². The zero-order valence-corrected chi connectivity index (χ0v) is 22.7. The lowest BCUT2D eigenvalue weighted by Gasteiger charge is -2.38. The number of benzene rings is 2. The molecule has 0 spiro atoms. The summed E-state index contributed by atoms with van der Waals surface area (Å²) in [5.74, 6) is -0.809. The van der Waals surface area contributed by atoms with Crippen molar-refractivity contribution < 1.29 is 27.9 Å². The maximum atomic E-state index is 13.6. The Morgan fingerprint density at radius 3 is 2.67 bits per heavy atom. The molecule has 0 fully saturated rings. The van der Waals surface area contributed by atoms with Crippen LogP contribution in [0, 0.1) is 5.92 Å². The molecular formula is C25H31N7O6S. The molecule has 0 saturated heterocycles. The number of aliphatic hydroxyl groups is 1. The molecule has 1 aromatic heterocycles. The average Bonchev–Trinajstić information content (AvgIpc) is 3.43. The van der Waals surface area contributed by atoms with Crippen molar-refractivity contribution in [3.05, 3.63) is 60.4 Å². The number of amides is 2. The van der Waals surface area contributed by atoms with Gasteiger partial charge in [-0.15, -0.1) is 5.10 Å². The van der Waals surface area contributed by atoms with Crippen molar-refractivity contribution in [2.24, 2.45) is 5.92 Å². The first-order chi connectivity index (χ1) is 18.6. The second-order valence-corrected chi connectivity index (χ2v) is 11.5. The van der Waals surface area contributed by atoms with Crippen molar-refractivity contribution in [2.75, 3.05) is 32.1 Å². The molecule has 1 aliphatic rings. The standard InChI is InChI=1S/C25H31N7O6S/c1-17-12-32(18(2)15-33)25(35)21-11-19(27-24(34)14-31-16-26-28-29-31)9-10-22(21)38-23(17)13-30(3)39(36,37)20-7-5-4-6-8-20/h4-11,16-18,23,33H,12-15H2,1-3H3,(H,27,34)/t17-,18+,23+/m0/s1. The zero-order valence-electron chi connectivity index (χ0n) is 21.8. The predicted molar refractivity (Wildman–Crippen MR) is 140 cm³/mol. The lowest BCUT2D eigenvalue weighted by Crippen LogP contribution is -2.50. The first kappa shape index (κ1) is 28.1. The number of nitrogens with zero attached hydrogens (tertiary/aromatic N) is 6. The van der Waals surface area contributed by atoms with Crippen LogP contribution in [0.1, 0.15) is 24.2 Å². The normalized spacial score (nSPS) is 18.6. The van der Waals surface area contributed by atoms with Gasteiger partial charge in [-0.05, 0) is 47.7 Å². The number of hydrogen-bond acceptors (Lipinski definition) is 9. The number of aromatic nitrogens is 4. The van der Waals surface area contributed by atoms with Crippen molar-refractivity contribution >= 4 is 27.5 Å². The maximum Gasteiger partial charge on any atom is 0.258 e. The Labute approximate surface area is 226 Å². The highest BCUT2D eigenvalue weighted by Gasteiger charge is 2.35. The molecule has 0 bridgehead atoms. The fourth-order valence-electron chi connectivity index (χ4n) is 4.24. The van der Waals surface area contributed by atoms with E-state index in [9.17, 15) is 23.1 Å². The fourth-order valence-corrected chi connectivity index (χ4v) is 5.45. The number of carbonyl (C=O) groups is 2. The summed E-state index contributed by atoms with van der Waals surface area (Å²) in [5, 5.41) is 23.2. The van der Waals surface area contributed by atoms with Crippen LogP contribution in [0.15, 0.2) is 59.8 Å². The van der Waals surface area contributed by atoms with E-state index in [1.54, 1.807) is 37.3 Å². The van der Waals surface area contributed by atoms with Gasteiger partial charge in [0.2, 0.25) is 15.9 Å². The number of sulfonamides is 1. The Bertz CT molecular complexity index is 1400. The highest BCUT2D eigenvalue weighted by molar-refractivity contribution is 7.89. The minimum Gasteiger partial charge on any atom is -0.488 e. The fraction of sp³-hybridized carbons (Fsp3) is 0.400. The van der Waals surface area contributed by atoms with Crippen molar-refractivity contribution in [1.29, 1.82) is 0 Å². The van der Waals surface area contributed by atoms with Gasteiger partial charge in [0.1, 0.15) is 24.7 Å². The summed E-state index contributed by atoms with van der Waals surface area (Å²) in [4.78, 5) is 27.7. The van der Waals surface area contributed by atoms with E-state index >= 15 is 0 Å². The van der Waals surface area contributed by atoms with Crippen molar-refractivity contribution in [3.63, 3.8) is 0 Å². The number of likely N-dealkylation sites (N-methyl/N-ethyl adjacent to an activating group) is 1. The molecule has 13 nitrogen and oxygen atoms in total. The monoisotopic (exact) mass is 557 g/mol. The second kappa shape index (κ2) is 11.9. The minimum atomic E-state index is -3.78. The third-order valence-electron chi connectivity index (χ3n) is 6.53. The predicted octanol–water partition coefficient (Wildman–Crippen LogP) is 0.853. The zero-order chi connectivity index (χ0) is 28.2. The summed E-state index contributed by atoms with van der Waals surface area (Å²) >= 11 is 0. The smallest absolute Gasteiger partial charge is 0.258 e. The Morgan fingerprint density at radius 2 is 2.00 bits per heavy atom. The van der Waals surface area contributed by atoms with Gasteiger partial charge in [0, 0.05) is 25.2 Å². The number of rotatable bonds is 9. The first-order valence-electron chi connectivity index (χ1n) is 12.3. The van der Waals surface area contributed by atoms with E-state index in [4.69, 9.17) is 4.74 Å². The summed E-state index contributed by atoms with van der Waals surface area (Å²) in [6, 6.07) is 12.3. The molecule has 0 unspecified atom stereocenters. The molecule has 208 valence electrons. The molecular weight excluding hydrogens is 526 g/mol. The summed E-state index contributed by atoms with van der Waals surface area (Å²) in [6.07, 6.45) is 0.691. The van der Waals surface area contributed by atoms with Gasteiger partial charge in [0.15, 0.2) is 0 Å². The summed E-state index contributed by atoms with van der Waals surface area (Å²) < 4.78 is 35.1. The molecule has 3 aromatic rings. The van der Waals surface area contributed by atoms with E-state index in [2.05, 4.69) is 20.8 Å². The van der Waals surface area contributed by atoms with Gasteiger partial charge in [-0.25, -0.2) is 13.1 Å². The lowest BCUT2D eigenvalue weighted by molar-refractivity contribution is -0.116. The molecule has 0 saturated carbocycles. The Kier molecular flexibility index (Phi) is 8.57. The molecule has 1 aliphatic heterocycles. The van der Waals surface area contributed by atoms with Gasteiger partial charge in [-0.2, -0.15) is 4.31 Å². The molecule has 3 atom stereocenters. The van der Waals surface area contributed by atoms with Crippen LogP contribution in [0.25, 0.3) is 0 Å². The van der Waals surface area contributed by atoms with Gasteiger partial charge >= 0.3 is 0 Å². The average molecular weight is 558 g/mol. The molecule has 0 radical (unpaired) electrons. The van der Waals surface area contributed by atoms with Crippen LogP contribution in [-0.2, 0) is 21.4 Å². The Hall–Kier alpha value is -3.88. The number of hydrogen-bond donors (Lipinski definition) is 2. The van der Waals surface area contributed by atoms with Gasteiger partial charge in [-0.1, -0.05) is 25.1 Å². The summed E-state index contributed by atoms with van der Waals surface area (Å²) in [7, 11) is -2.29. The number of anilines is 1. The minimum absolute atomic E-state index is 0.0256. The third-order valence-corrected chi connectivity index (χ3v) is 8.37. The second-order valence-electron chi connectivity index (χ2n) is 9.49. The molecule has 2 heterocycles. The van der Waals surface area contributed by atoms with E-state index in [1.165, 1.54) is 45.5 Å². The molecule has 2 aromatic carbocycles. The lowest BCUT2D eigenvalue weighted by atomic mass is 9.99. The topological polar surface area (TPSA) is 160 Å². The van der Waals surface area contributed by atoms with Gasteiger partial charge in [0.05, 0.1) is 29.7 Å². The molecule has 14 heteroatoms. The van der Waals surface area contributed by atoms with E-state index < -0.39 is 28.1 Å². The number of fused-ring (bicyclic) bond motifs is 1. The van der Waals surface area contributed by atoms with Gasteiger partial charge in [-0.3, -0.25) is 9.59 Å². The summed E-state index contributed by atoms with van der Waals surface area (Å²) in [6.45, 7) is 3.47. The van der Waals surface area contributed by atoms with E-state index in [1.807, 2.05) is 6.92 Å². The van der Waals surface area contributed by atoms with Crippen LogP contribution in [0.3, 0.4) is 0 Å². The largest absolute Gasteiger partial charge is 0.488 e. The van der Waals surface area contributed by atoms with Crippen LogP contribution < -0.4 is 10.1 Å². The number of nitrogens with one attached hydrogen (secondary N) is 1. The third kappa shape index (κ3) is 6.41. The number of aliphatic hydroxyl groups excluding tert-OH is 1. The SMILES string of the molecule is C[C@H](CO)N1C[C@H](C)[C@@H](CN(C)S(=O)(=O)c2ccccc2)Oc2ccc(NC(=O)Cn3cnnn3)cc2C1=O. The van der Waals surface area contributed by atoms with E-state index in [-0.39, 0.29) is 54.3 Å². The highest BCUT2D eigenvalue weighted by atomic mass is 32.2. The van der Waals surface area contributed by atoms with Gasteiger partial charge in [0.25, 0.3) is 5.91 Å². The van der Waals surface area contributed by atoms with Crippen LogP contribution in [0.5, 0.6) is 5.75 Å². The van der Waals surface area contributed by atoms with Crippen molar-refractivity contribution in [3.8, 4) is 5.75 Å². The molecule has 2 N–H and O–H groups in total. The van der Waals surface area contributed by atoms with E-state index in [0.29, 0.717) is 5.69 Å². The van der Waals surface area contributed by atoms with E-state index in [0.717, 1.165) is 0 Å². The molecule has 2 amide bonds. The van der Waals surface area contributed by atoms with Crippen LogP contribution >= 0.6 is 0 Å². The Morgan fingerprint density at radius 1 is 1.26 bits per heavy atom. The van der Waals surface area contributed by atoms with Crippen LogP contribution in [-0.4, -0.2) is 93.6 Å². The van der Waals surface area contributed by atoms with Crippen molar-refractivity contribution in [1.82, 2.24) is 29.4 Å².